The van der Waals surface area contributed by atoms with Crippen molar-refractivity contribution in [2.24, 2.45) is 0 Å². The van der Waals surface area contributed by atoms with Crippen molar-refractivity contribution >= 4 is 193 Å². The standard InChI is InChI=1S/2C52H30OS/c1-2-12-33-28-37(21-20-31(33)10-1)49-42-18-7-5-16-40(42)48(41-17-6-8-19-43(41)49)36-14-9-13-34(29-36)35-22-24-39-44-25-27-46-51(52(44)54-47(39)30-35)50-38-15-4-3-11-32(38)23-26-45(50)53-46;1-2-12-33-28-37(21-20-31(33)10-1)49-41-18-7-5-16-39(41)48(40-17-6-8-19-42(40)49)36-14-9-13-34(29-36)35-22-24-43-45(30-35)53-44-25-27-47-52(50(43)44)51-38-15-4-3-11-32(38)23-26-46(51)54-47/h2*1-30H. The van der Waals surface area contributed by atoms with Crippen LogP contribution in [0.1, 0.15) is 0 Å². The van der Waals surface area contributed by atoms with Gasteiger partial charge in [0.05, 0.1) is 0 Å². The molecule has 4 heterocycles. The first kappa shape index (κ1) is 60.9. The number of thiophene rings is 2. The van der Waals surface area contributed by atoms with E-state index >= 15 is 0 Å². The molecule has 0 saturated heterocycles. The molecule has 0 radical (unpaired) electrons. The molecular formula is C104H60O2S2. The summed E-state index contributed by atoms with van der Waals surface area (Å²) in [5.74, 6) is 0. The van der Waals surface area contributed by atoms with E-state index in [9.17, 15) is 0 Å². The van der Waals surface area contributed by atoms with E-state index in [2.05, 4.69) is 364 Å². The largest absolute Gasteiger partial charge is 0.456 e. The van der Waals surface area contributed by atoms with Gasteiger partial charge >= 0.3 is 0 Å². The van der Waals surface area contributed by atoms with Crippen LogP contribution in [0.15, 0.2) is 373 Å². The highest BCUT2D eigenvalue weighted by molar-refractivity contribution is 7.27. The van der Waals surface area contributed by atoms with E-state index in [0.29, 0.717) is 0 Å². The summed E-state index contributed by atoms with van der Waals surface area (Å²) in [4.78, 5) is 0. The first-order valence-electron chi connectivity index (χ1n) is 37.0. The lowest BCUT2D eigenvalue weighted by Crippen LogP contribution is -1.91. The summed E-state index contributed by atoms with van der Waals surface area (Å²) in [7, 11) is 0. The Morgan fingerprint density at radius 1 is 0.157 bits per heavy atom. The molecule has 0 bridgehead atoms. The zero-order valence-electron chi connectivity index (χ0n) is 58.3. The molecule has 0 fully saturated rings. The van der Waals surface area contributed by atoms with Gasteiger partial charge in [-0.2, -0.15) is 0 Å². The number of hydrogen-bond donors (Lipinski definition) is 0. The number of furan rings is 2. The first-order chi connectivity index (χ1) is 53.5. The maximum absolute atomic E-state index is 6.67. The lowest BCUT2D eigenvalue weighted by atomic mass is 9.85. The molecule has 2 nitrogen and oxygen atoms in total. The van der Waals surface area contributed by atoms with Crippen molar-refractivity contribution in [3.63, 3.8) is 0 Å². The summed E-state index contributed by atoms with van der Waals surface area (Å²) >= 11 is 3.73. The third-order valence-corrected chi connectivity index (χ3v) is 25.1. The van der Waals surface area contributed by atoms with E-state index in [-0.39, 0.29) is 0 Å². The highest BCUT2D eigenvalue weighted by Crippen LogP contribution is 2.51. The molecule has 500 valence electrons. The SMILES string of the molecule is c1cc(-c2ccc3c(c2)oc2ccc4sc5ccc6ccccc6c5c4c23)cc(-c2c3ccccc3c(-c3ccc4ccccc4c3)c3ccccc23)c1.c1cc(-c2ccc3c(c2)sc2c3ccc3oc4ccc5ccccc5c4c32)cc(-c2c3ccccc3c(-c3ccc4ccccc4c3)c3ccccc23)c1. The lowest BCUT2D eigenvalue weighted by Gasteiger charge is -2.18. The maximum Gasteiger partial charge on any atom is 0.136 e. The average Bonchev–Trinajstić information content (AvgIpc) is 1.42. The summed E-state index contributed by atoms with van der Waals surface area (Å²) in [5, 5.41) is 30.1. The molecule has 108 heavy (non-hydrogen) atoms. The Morgan fingerprint density at radius 3 is 1.04 bits per heavy atom. The quantitative estimate of drug-likeness (QED) is 0.155. The number of benzene rings is 20. The highest BCUT2D eigenvalue weighted by Gasteiger charge is 2.24. The van der Waals surface area contributed by atoms with E-state index in [1.165, 1.54) is 204 Å². The predicted octanol–water partition coefficient (Wildman–Crippen LogP) is 31.1. The Hall–Kier alpha value is -13.5. The second-order valence-corrected chi connectivity index (χ2v) is 30.9. The van der Waals surface area contributed by atoms with E-state index in [1.807, 2.05) is 22.7 Å². The van der Waals surface area contributed by atoms with Crippen molar-refractivity contribution in [1.29, 1.82) is 0 Å². The van der Waals surface area contributed by atoms with Crippen LogP contribution in [0.4, 0.5) is 0 Å². The van der Waals surface area contributed by atoms with Crippen LogP contribution in [0.3, 0.4) is 0 Å². The topological polar surface area (TPSA) is 26.3 Å². The Bertz CT molecular complexity index is 7590. The van der Waals surface area contributed by atoms with E-state index in [0.717, 1.165) is 33.3 Å². The van der Waals surface area contributed by atoms with E-state index < -0.39 is 0 Å². The van der Waals surface area contributed by atoms with Gasteiger partial charge in [-0.05, 0) is 232 Å². The minimum Gasteiger partial charge on any atom is -0.456 e. The van der Waals surface area contributed by atoms with E-state index in [4.69, 9.17) is 8.83 Å². The van der Waals surface area contributed by atoms with Crippen molar-refractivity contribution in [1.82, 2.24) is 0 Å². The van der Waals surface area contributed by atoms with E-state index in [1.54, 1.807) is 0 Å². The second kappa shape index (κ2) is 24.0. The van der Waals surface area contributed by atoms with Gasteiger partial charge in [0.1, 0.15) is 22.3 Å². The van der Waals surface area contributed by atoms with Crippen molar-refractivity contribution in [2.45, 2.75) is 0 Å². The molecule has 0 amide bonds. The molecular weight excluding hydrogens is 1350 g/mol. The molecule has 24 rings (SSSR count). The molecule has 0 unspecified atom stereocenters. The molecule has 24 aromatic rings. The molecule has 0 aliphatic carbocycles. The van der Waals surface area contributed by atoms with Gasteiger partial charge < -0.3 is 8.83 Å². The average molecular weight is 1410 g/mol. The summed E-state index contributed by atoms with van der Waals surface area (Å²) in [6, 6.07) is 133. The summed E-state index contributed by atoms with van der Waals surface area (Å²) in [6.07, 6.45) is 0. The molecule has 0 spiro atoms. The first-order valence-corrected chi connectivity index (χ1v) is 38.6. The van der Waals surface area contributed by atoms with Gasteiger partial charge in [-0.3, -0.25) is 0 Å². The summed E-state index contributed by atoms with van der Waals surface area (Å²) in [5.41, 5.74) is 18.5. The van der Waals surface area contributed by atoms with Crippen LogP contribution in [0, 0.1) is 0 Å². The Morgan fingerprint density at radius 2 is 0.500 bits per heavy atom. The minimum atomic E-state index is 0.913. The smallest absolute Gasteiger partial charge is 0.136 e. The molecule has 0 aliphatic heterocycles. The third kappa shape index (κ3) is 9.44. The third-order valence-electron chi connectivity index (χ3n) is 22.8. The van der Waals surface area contributed by atoms with Crippen LogP contribution in [0.5, 0.6) is 0 Å². The fraction of sp³-hybridized carbons (Fsp3) is 0. The predicted molar refractivity (Wildman–Crippen MR) is 466 cm³/mol. The van der Waals surface area contributed by atoms with Crippen LogP contribution in [0.2, 0.25) is 0 Å². The van der Waals surface area contributed by atoms with Crippen LogP contribution < -0.4 is 0 Å². The van der Waals surface area contributed by atoms with Gasteiger partial charge in [-0.25, -0.2) is 0 Å². The maximum atomic E-state index is 6.67. The molecule has 0 aliphatic rings. The summed E-state index contributed by atoms with van der Waals surface area (Å²) < 4.78 is 18.3. The van der Waals surface area contributed by atoms with Gasteiger partial charge in [0.2, 0.25) is 0 Å². The Kier molecular flexibility index (Phi) is 13.5. The highest BCUT2D eigenvalue weighted by atomic mass is 32.1. The van der Waals surface area contributed by atoms with Crippen LogP contribution >= 0.6 is 22.7 Å². The normalized spacial score (nSPS) is 12.1. The van der Waals surface area contributed by atoms with Gasteiger partial charge in [0, 0.05) is 61.9 Å². The fourth-order valence-electron chi connectivity index (χ4n) is 18.0. The van der Waals surface area contributed by atoms with Crippen molar-refractivity contribution in [2.75, 3.05) is 0 Å². The minimum absolute atomic E-state index is 0.913. The monoisotopic (exact) mass is 1400 g/mol. The van der Waals surface area contributed by atoms with Gasteiger partial charge in [-0.15, -0.1) is 22.7 Å². The molecule has 4 heteroatoms. The lowest BCUT2D eigenvalue weighted by molar-refractivity contribution is 0.669. The Labute approximate surface area is 628 Å². The molecule has 4 aromatic heterocycles. The Balaban J connectivity index is 0.000000130. The van der Waals surface area contributed by atoms with Gasteiger partial charge in [0.15, 0.2) is 0 Å². The zero-order chi connectivity index (χ0) is 70.7. The van der Waals surface area contributed by atoms with Crippen LogP contribution in [-0.2, 0) is 0 Å². The van der Waals surface area contributed by atoms with Crippen molar-refractivity contribution in [3.8, 4) is 66.8 Å². The van der Waals surface area contributed by atoms with Crippen LogP contribution in [0.25, 0.3) is 237 Å². The van der Waals surface area contributed by atoms with Gasteiger partial charge in [0.25, 0.3) is 0 Å². The van der Waals surface area contributed by atoms with Crippen LogP contribution in [-0.4, -0.2) is 0 Å². The summed E-state index contributed by atoms with van der Waals surface area (Å²) in [6.45, 7) is 0. The molecule has 0 saturated carbocycles. The number of hydrogen-bond acceptors (Lipinski definition) is 4. The molecule has 0 atom stereocenters. The van der Waals surface area contributed by atoms with Crippen molar-refractivity contribution in [3.05, 3.63) is 364 Å². The fourth-order valence-corrected chi connectivity index (χ4v) is 20.4. The van der Waals surface area contributed by atoms with Crippen molar-refractivity contribution < 1.29 is 8.83 Å². The van der Waals surface area contributed by atoms with Gasteiger partial charge in [-0.1, -0.05) is 285 Å². The molecule has 20 aromatic carbocycles. The zero-order valence-corrected chi connectivity index (χ0v) is 59.9. The molecule has 0 N–H and O–H groups in total. The number of rotatable bonds is 6. The number of fused-ring (bicyclic) bond motifs is 24. The second-order valence-electron chi connectivity index (χ2n) is 28.7.